The van der Waals surface area contributed by atoms with Gasteiger partial charge < -0.3 is 10.6 Å². The van der Waals surface area contributed by atoms with Gasteiger partial charge in [0, 0.05) is 44.1 Å². The minimum absolute atomic E-state index is 0.0965. The van der Waals surface area contributed by atoms with Crippen molar-refractivity contribution in [1.29, 1.82) is 0 Å². The maximum atomic E-state index is 12.5. The standard InChI is InChI=1S/C17H21N7O/c1-22-17-13(16(18)21-22)5-6-14(20-17)12-4-2-8-23(10-12)15(25)11-24-9-3-7-19-24/h3,5-7,9,12H,2,4,8,10-11H2,1H3,(H2,18,21)/t12-/m1/s1. The van der Waals surface area contributed by atoms with Gasteiger partial charge in [-0.15, -0.1) is 0 Å². The summed E-state index contributed by atoms with van der Waals surface area (Å²) in [4.78, 5) is 19.2. The summed E-state index contributed by atoms with van der Waals surface area (Å²) < 4.78 is 3.37. The summed E-state index contributed by atoms with van der Waals surface area (Å²) in [6, 6.07) is 5.81. The van der Waals surface area contributed by atoms with Gasteiger partial charge in [0.25, 0.3) is 0 Å². The average Bonchev–Trinajstić information content (AvgIpc) is 3.23. The van der Waals surface area contributed by atoms with Crippen LogP contribution >= 0.6 is 0 Å². The van der Waals surface area contributed by atoms with Crippen LogP contribution in [-0.4, -0.2) is 48.4 Å². The first-order chi connectivity index (χ1) is 12.1. The molecule has 0 spiro atoms. The van der Waals surface area contributed by atoms with E-state index in [4.69, 9.17) is 10.7 Å². The number of hydrogen-bond acceptors (Lipinski definition) is 5. The number of piperidine rings is 1. The van der Waals surface area contributed by atoms with E-state index >= 15 is 0 Å². The maximum Gasteiger partial charge on any atom is 0.244 e. The molecular weight excluding hydrogens is 318 g/mol. The van der Waals surface area contributed by atoms with Crippen LogP contribution in [0, 0.1) is 0 Å². The van der Waals surface area contributed by atoms with Gasteiger partial charge in [0.2, 0.25) is 5.91 Å². The first-order valence-corrected chi connectivity index (χ1v) is 8.46. The number of amides is 1. The van der Waals surface area contributed by atoms with Crippen LogP contribution in [0.4, 0.5) is 5.82 Å². The number of nitrogen functional groups attached to an aromatic ring is 1. The number of fused-ring (bicyclic) bond motifs is 1. The molecule has 0 bridgehead atoms. The molecule has 25 heavy (non-hydrogen) atoms. The van der Waals surface area contributed by atoms with Crippen molar-refractivity contribution in [1.82, 2.24) is 29.4 Å². The summed E-state index contributed by atoms with van der Waals surface area (Å²) in [6.45, 7) is 1.76. The number of likely N-dealkylation sites (tertiary alicyclic amines) is 1. The van der Waals surface area contributed by atoms with Crippen molar-refractivity contribution >= 4 is 22.8 Å². The summed E-state index contributed by atoms with van der Waals surface area (Å²) in [5.74, 6) is 0.825. The van der Waals surface area contributed by atoms with Gasteiger partial charge in [-0.3, -0.25) is 9.48 Å². The fourth-order valence-corrected chi connectivity index (χ4v) is 3.48. The van der Waals surface area contributed by atoms with Gasteiger partial charge in [-0.25, -0.2) is 9.67 Å². The smallest absolute Gasteiger partial charge is 0.244 e. The first kappa shape index (κ1) is 15.6. The highest BCUT2D eigenvalue weighted by Crippen LogP contribution is 2.28. The molecule has 0 radical (unpaired) electrons. The third kappa shape index (κ3) is 2.95. The predicted octanol–water partition coefficient (Wildman–Crippen LogP) is 1.15. The molecule has 1 fully saturated rings. The van der Waals surface area contributed by atoms with Gasteiger partial charge in [0.05, 0.1) is 5.39 Å². The van der Waals surface area contributed by atoms with E-state index in [2.05, 4.69) is 10.2 Å². The zero-order chi connectivity index (χ0) is 17.4. The summed E-state index contributed by atoms with van der Waals surface area (Å²) >= 11 is 0. The predicted molar refractivity (Wildman–Crippen MR) is 93.7 cm³/mol. The number of aromatic nitrogens is 5. The fraction of sp³-hybridized carbons (Fsp3) is 0.412. The van der Waals surface area contributed by atoms with Crippen molar-refractivity contribution < 1.29 is 4.79 Å². The largest absolute Gasteiger partial charge is 0.382 e. The van der Waals surface area contributed by atoms with E-state index in [1.54, 1.807) is 15.6 Å². The van der Waals surface area contributed by atoms with Gasteiger partial charge in [-0.2, -0.15) is 10.2 Å². The number of pyridine rings is 1. The molecule has 3 aromatic rings. The summed E-state index contributed by atoms with van der Waals surface area (Å²) in [5.41, 5.74) is 7.68. The zero-order valence-corrected chi connectivity index (χ0v) is 14.2. The molecule has 0 aromatic carbocycles. The monoisotopic (exact) mass is 339 g/mol. The van der Waals surface area contributed by atoms with Crippen LogP contribution in [0.5, 0.6) is 0 Å². The highest BCUT2D eigenvalue weighted by Gasteiger charge is 2.26. The minimum atomic E-state index is 0.0965. The number of aryl methyl sites for hydroxylation is 1. The molecule has 0 aliphatic carbocycles. The molecule has 1 aliphatic rings. The second kappa shape index (κ2) is 6.19. The number of rotatable bonds is 3. The second-order valence-corrected chi connectivity index (χ2v) is 6.50. The highest BCUT2D eigenvalue weighted by molar-refractivity contribution is 5.86. The molecule has 1 amide bonds. The zero-order valence-electron chi connectivity index (χ0n) is 14.2. The molecule has 8 nitrogen and oxygen atoms in total. The molecule has 0 unspecified atom stereocenters. The van der Waals surface area contributed by atoms with E-state index in [9.17, 15) is 4.79 Å². The van der Waals surface area contributed by atoms with Crippen molar-refractivity contribution in [3.8, 4) is 0 Å². The molecule has 0 saturated carbocycles. The number of carbonyl (C=O) groups is 1. The van der Waals surface area contributed by atoms with Gasteiger partial charge in [0.15, 0.2) is 11.5 Å². The Morgan fingerprint density at radius 3 is 3.08 bits per heavy atom. The lowest BCUT2D eigenvalue weighted by Crippen LogP contribution is -2.41. The molecule has 1 saturated heterocycles. The molecule has 4 rings (SSSR count). The summed E-state index contributed by atoms with van der Waals surface area (Å²) in [5, 5.41) is 9.20. The van der Waals surface area contributed by atoms with Gasteiger partial charge in [-0.1, -0.05) is 0 Å². The van der Waals surface area contributed by atoms with Crippen molar-refractivity contribution in [2.24, 2.45) is 7.05 Å². The molecule has 3 aromatic heterocycles. The molecule has 4 heterocycles. The van der Waals surface area contributed by atoms with Crippen LogP contribution in [0.15, 0.2) is 30.6 Å². The Balaban J connectivity index is 1.52. The lowest BCUT2D eigenvalue weighted by atomic mass is 9.94. The Morgan fingerprint density at radius 2 is 2.28 bits per heavy atom. The Kier molecular flexibility index (Phi) is 3.87. The van der Waals surface area contributed by atoms with E-state index in [1.165, 1.54) is 0 Å². The quantitative estimate of drug-likeness (QED) is 0.772. The van der Waals surface area contributed by atoms with Crippen LogP contribution in [0.25, 0.3) is 11.0 Å². The average molecular weight is 339 g/mol. The van der Waals surface area contributed by atoms with Crippen LogP contribution in [0.1, 0.15) is 24.5 Å². The van der Waals surface area contributed by atoms with Crippen LogP contribution in [0.2, 0.25) is 0 Å². The summed E-state index contributed by atoms with van der Waals surface area (Å²) in [6.07, 6.45) is 5.49. The Labute approximate surface area is 145 Å². The van der Waals surface area contributed by atoms with Crippen LogP contribution in [-0.2, 0) is 18.4 Å². The van der Waals surface area contributed by atoms with Crippen molar-refractivity contribution in [3.05, 3.63) is 36.3 Å². The summed E-state index contributed by atoms with van der Waals surface area (Å²) in [7, 11) is 1.84. The van der Waals surface area contributed by atoms with Gasteiger partial charge in [0.1, 0.15) is 6.54 Å². The SMILES string of the molecule is Cn1nc(N)c2ccc([C@@H]3CCCN(C(=O)Cn4cccn4)C3)nc21. The molecule has 1 aliphatic heterocycles. The van der Waals surface area contributed by atoms with Crippen molar-refractivity contribution in [3.63, 3.8) is 0 Å². The Bertz CT molecular complexity index is 899. The first-order valence-electron chi connectivity index (χ1n) is 8.46. The van der Waals surface area contributed by atoms with E-state index < -0.39 is 0 Å². The number of hydrogen-bond donors (Lipinski definition) is 1. The Morgan fingerprint density at radius 1 is 1.40 bits per heavy atom. The molecule has 1 atom stereocenters. The second-order valence-electron chi connectivity index (χ2n) is 6.50. The lowest BCUT2D eigenvalue weighted by molar-refractivity contribution is -0.133. The van der Waals surface area contributed by atoms with Gasteiger partial charge >= 0.3 is 0 Å². The molecule has 130 valence electrons. The normalized spacial score (nSPS) is 18.0. The van der Waals surface area contributed by atoms with E-state index in [0.717, 1.165) is 36.1 Å². The fourth-order valence-electron chi connectivity index (χ4n) is 3.48. The lowest BCUT2D eigenvalue weighted by Gasteiger charge is -2.32. The molecule has 8 heteroatoms. The van der Waals surface area contributed by atoms with Crippen molar-refractivity contribution in [2.75, 3.05) is 18.8 Å². The van der Waals surface area contributed by atoms with Crippen molar-refractivity contribution in [2.45, 2.75) is 25.3 Å². The molecule has 2 N–H and O–H groups in total. The minimum Gasteiger partial charge on any atom is -0.382 e. The molecular formula is C17H21N7O. The topological polar surface area (TPSA) is 94.9 Å². The highest BCUT2D eigenvalue weighted by atomic mass is 16.2. The van der Waals surface area contributed by atoms with Crippen LogP contribution < -0.4 is 5.73 Å². The number of nitrogens with two attached hydrogens (primary N) is 1. The number of anilines is 1. The number of carbonyl (C=O) groups excluding carboxylic acids is 1. The third-order valence-corrected chi connectivity index (χ3v) is 4.79. The Hall–Kier alpha value is -2.90. The van der Waals surface area contributed by atoms with E-state index in [1.807, 2.05) is 36.3 Å². The number of nitrogens with zero attached hydrogens (tertiary/aromatic N) is 6. The van der Waals surface area contributed by atoms with E-state index in [-0.39, 0.29) is 18.4 Å². The van der Waals surface area contributed by atoms with Gasteiger partial charge in [-0.05, 0) is 31.0 Å². The third-order valence-electron chi connectivity index (χ3n) is 4.79. The maximum absolute atomic E-state index is 12.5. The van der Waals surface area contributed by atoms with Crippen LogP contribution in [0.3, 0.4) is 0 Å². The van der Waals surface area contributed by atoms with E-state index in [0.29, 0.717) is 12.4 Å².